The standard InChI is InChI=1S/C19H21ClN2O2/c20-11-17(23)21-12-19(24)13-22(14-19)18(15-7-3-1-4-8-15)16-9-5-2-6-10-16/h1-10,18,24H,11-14H2,(H,21,23). The number of hydrogen-bond acceptors (Lipinski definition) is 3. The summed E-state index contributed by atoms with van der Waals surface area (Å²) in [6.45, 7) is 1.24. The molecule has 2 aromatic carbocycles. The molecule has 5 heteroatoms. The van der Waals surface area contributed by atoms with Crippen LogP contribution in [0.5, 0.6) is 0 Å². The highest BCUT2D eigenvalue weighted by atomic mass is 35.5. The molecule has 2 aromatic rings. The van der Waals surface area contributed by atoms with Crippen LogP contribution in [0.4, 0.5) is 0 Å². The summed E-state index contributed by atoms with van der Waals surface area (Å²) in [7, 11) is 0. The van der Waals surface area contributed by atoms with E-state index >= 15 is 0 Å². The van der Waals surface area contributed by atoms with E-state index in [0.29, 0.717) is 13.1 Å². The van der Waals surface area contributed by atoms with Crippen molar-refractivity contribution in [2.45, 2.75) is 11.6 Å². The monoisotopic (exact) mass is 344 g/mol. The third-order valence-corrected chi connectivity index (χ3v) is 4.57. The first-order chi connectivity index (χ1) is 11.6. The molecule has 24 heavy (non-hydrogen) atoms. The zero-order valence-corrected chi connectivity index (χ0v) is 14.1. The molecule has 1 aliphatic rings. The molecule has 0 bridgehead atoms. The summed E-state index contributed by atoms with van der Waals surface area (Å²) in [5, 5.41) is 13.2. The van der Waals surface area contributed by atoms with Gasteiger partial charge < -0.3 is 10.4 Å². The molecule has 0 unspecified atom stereocenters. The Morgan fingerprint density at radius 1 is 1.08 bits per heavy atom. The Balaban J connectivity index is 1.74. The molecule has 2 N–H and O–H groups in total. The van der Waals surface area contributed by atoms with E-state index in [1.807, 2.05) is 36.4 Å². The van der Waals surface area contributed by atoms with Gasteiger partial charge in [-0.1, -0.05) is 60.7 Å². The Kier molecular flexibility index (Phi) is 5.19. The van der Waals surface area contributed by atoms with Crippen molar-refractivity contribution in [3.63, 3.8) is 0 Å². The lowest BCUT2D eigenvalue weighted by molar-refractivity contribution is -0.127. The fourth-order valence-electron chi connectivity index (χ4n) is 3.20. The topological polar surface area (TPSA) is 52.6 Å². The van der Waals surface area contributed by atoms with E-state index in [0.717, 1.165) is 0 Å². The van der Waals surface area contributed by atoms with E-state index in [9.17, 15) is 9.90 Å². The van der Waals surface area contributed by atoms with Crippen LogP contribution in [0.25, 0.3) is 0 Å². The SMILES string of the molecule is O=C(CCl)NCC1(O)CN(C(c2ccccc2)c2ccccc2)C1. The molecule has 0 spiro atoms. The summed E-state index contributed by atoms with van der Waals surface area (Å²) < 4.78 is 0. The number of hydrogen-bond donors (Lipinski definition) is 2. The van der Waals surface area contributed by atoms with Crippen molar-refractivity contribution in [1.29, 1.82) is 0 Å². The summed E-state index contributed by atoms with van der Waals surface area (Å²) in [5.74, 6) is -0.345. The molecule has 0 aromatic heterocycles. The summed E-state index contributed by atoms with van der Waals surface area (Å²) in [4.78, 5) is 13.5. The smallest absolute Gasteiger partial charge is 0.235 e. The summed E-state index contributed by atoms with van der Waals surface area (Å²) >= 11 is 5.48. The minimum Gasteiger partial charge on any atom is -0.385 e. The molecular weight excluding hydrogens is 324 g/mol. The van der Waals surface area contributed by atoms with Crippen LogP contribution >= 0.6 is 11.6 Å². The van der Waals surface area contributed by atoms with Gasteiger partial charge in [0.2, 0.25) is 5.91 Å². The van der Waals surface area contributed by atoms with Crippen molar-refractivity contribution < 1.29 is 9.90 Å². The van der Waals surface area contributed by atoms with Crippen molar-refractivity contribution in [3.8, 4) is 0 Å². The first kappa shape index (κ1) is 17.0. The Labute approximate surface area is 147 Å². The van der Waals surface area contributed by atoms with Gasteiger partial charge in [0.15, 0.2) is 0 Å². The Morgan fingerprint density at radius 2 is 1.58 bits per heavy atom. The number of halogens is 1. The number of benzene rings is 2. The van der Waals surface area contributed by atoms with Gasteiger partial charge in [0, 0.05) is 19.6 Å². The number of β-amino-alcohol motifs (C(OH)–C–C–N with tert-alkyl or cyclic N) is 1. The van der Waals surface area contributed by atoms with Gasteiger partial charge in [-0.05, 0) is 11.1 Å². The molecule has 1 aliphatic heterocycles. The quantitative estimate of drug-likeness (QED) is 0.790. The second-order valence-corrected chi connectivity index (χ2v) is 6.53. The van der Waals surface area contributed by atoms with Gasteiger partial charge in [-0.15, -0.1) is 11.6 Å². The van der Waals surface area contributed by atoms with Crippen molar-refractivity contribution in [2.24, 2.45) is 0 Å². The number of alkyl halides is 1. The maximum absolute atomic E-state index is 11.3. The highest BCUT2D eigenvalue weighted by Gasteiger charge is 2.44. The number of nitrogens with zero attached hydrogens (tertiary/aromatic N) is 1. The van der Waals surface area contributed by atoms with E-state index in [4.69, 9.17) is 11.6 Å². The largest absolute Gasteiger partial charge is 0.385 e. The zero-order valence-electron chi connectivity index (χ0n) is 13.4. The number of aliphatic hydroxyl groups is 1. The molecule has 0 radical (unpaired) electrons. The number of nitrogens with one attached hydrogen (secondary N) is 1. The van der Waals surface area contributed by atoms with Crippen LogP contribution in [0.2, 0.25) is 0 Å². The molecule has 1 amide bonds. The van der Waals surface area contributed by atoms with Crippen LogP contribution < -0.4 is 5.32 Å². The lowest BCUT2D eigenvalue weighted by atomic mass is 9.87. The Morgan fingerprint density at radius 3 is 2.04 bits per heavy atom. The van der Waals surface area contributed by atoms with E-state index < -0.39 is 5.60 Å². The highest BCUT2D eigenvalue weighted by molar-refractivity contribution is 6.27. The molecule has 3 rings (SSSR count). The highest BCUT2D eigenvalue weighted by Crippen LogP contribution is 2.35. The second-order valence-electron chi connectivity index (χ2n) is 6.26. The minimum atomic E-state index is -0.899. The second kappa shape index (κ2) is 7.34. The number of rotatable bonds is 6. The predicted molar refractivity (Wildman–Crippen MR) is 95.0 cm³/mol. The predicted octanol–water partition coefficient (Wildman–Crippen LogP) is 2.18. The van der Waals surface area contributed by atoms with Gasteiger partial charge in [0.1, 0.15) is 11.5 Å². The lowest BCUT2D eigenvalue weighted by Gasteiger charge is -2.50. The van der Waals surface area contributed by atoms with E-state index in [-0.39, 0.29) is 24.4 Å². The van der Waals surface area contributed by atoms with Crippen LogP contribution in [0.1, 0.15) is 17.2 Å². The third-order valence-electron chi connectivity index (χ3n) is 4.33. The molecule has 0 saturated carbocycles. The molecule has 1 saturated heterocycles. The third kappa shape index (κ3) is 3.78. The molecule has 126 valence electrons. The lowest BCUT2D eigenvalue weighted by Crippen LogP contribution is -2.66. The number of carbonyl (C=O) groups excluding carboxylic acids is 1. The van der Waals surface area contributed by atoms with E-state index in [1.54, 1.807) is 0 Å². The first-order valence-electron chi connectivity index (χ1n) is 8.00. The van der Waals surface area contributed by atoms with Crippen LogP contribution in [0.15, 0.2) is 60.7 Å². The van der Waals surface area contributed by atoms with Crippen LogP contribution in [0, 0.1) is 0 Å². The van der Waals surface area contributed by atoms with Gasteiger partial charge in [0.05, 0.1) is 6.04 Å². The average Bonchev–Trinajstić information content (AvgIpc) is 2.60. The van der Waals surface area contributed by atoms with Crippen molar-refractivity contribution >= 4 is 17.5 Å². The Bertz CT molecular complexity index is 633. The maximum atomic E-state index is 11.3. The Hall–Kier alpha value is -1.88. The molecule has 4 nitrogen and oxygen atoms in total. The van der Waals surface area contributed by atoms with E-state index in [2.05, 4.69) is 34.5 Å². The number of likely N-dealkylation sites (tertiary alicyclic amines) is 1. The zero-order chi connectivity index (χ0) is 17.0. The van der Waals surface area contributed by atoms with E-state index in [1.165, 1.54) is 11.1 Å². The fraction of sp³-hybridized carbons (Fsp3) is 0.316. The maximum Gasteiger partial charge on any atom is 0.235 e. The number of carbonyl (C=O) groups is 1. The summed E-state index contributed by atoms with van der Waals surface area (Å²) in [6, 6.07) is 20.6. The van der Waals surface area contributed by atoms with Gasteiger partial charge in [-0.3, -0.25) is 9.69 Å². The normalized spacial score (nSPS) is 16.6. The average molecular weight is 345 g/mol. The minimum absolute atomic E-state index is 0.0869. The fourth-order valence-corrected chi connectivity index (χ4v) is 3.29. The molecule has 0 aliphatic carbocycles. The molecule has 1 heterocycles. The molecular formula is C19H21ClN2O2. The van der Waals surface area contributed by atoms with Crippen LogP contribution in [-0.2, 0) is 4.79 Å². The van der Waals surface area contributed by atoms with Crippen molar-refractivity contribution in [1.82, 2.24) is 10.2 Å². The summed E-state index contributed by atoms with van der Waals surface area (Å²) in [6.07, 6.45) is 0. The van der Waals surface area contributed by atoms with Gasteiger partial charge >= 0.3 is 0 Å². The molecule has 1 fully saturated rings. The van der Waals surface area contributed by atoms with Crippen molar-refractivity contribution in [2.75, 3.05) is 25.5 Å². The molecule has 0 atom stereocenters. The van der Waals surface area contributed by atoms with Gasteiger partial charge in [-0.2, -0.15) is 0 Å². The number of amides is 1. The van der Waals surface area contributed by atoms with Crippen LogP contribution in [0.3, 0.4) is 0 Å². The van der Waals surface area contributed by atoms with Gasteiger partial charge in [-0.25, -0.2) is 0 Å². The first-order valence-corrected chi connectivity index (χ1v) is 8.54. The summed E-state index contributed by atoms with van der Waals surface area (Å²) in [5.41, 5.74) is 1.48. The van der Waals surface area contributed by atoms with Crippen LogP contribution in [-0.4, -0.2) is 47.0 Å². The van der Waals surface area contributed by atoms with Crippen molar-refractivity contribution in [3.05, 3.63) is 71.8 Å². The van der Waals surface area contributed by atoms with Gasteiger partial charge in [0.25, 0.3) is 0 Å².